The highest BCUT2D eigenvalue weighted by Gasteiger charge is 2.27. The molecule has 2 rings (SSSR count). The molecule has 0 bridgehead atoms. The summed E-state index contributed by atoms with van der Waals surface area (Å²) >= 11 is 0. The molecule has 0 saturated heterocycles. The second-order valence-corrected chi connectivity index (χ2v) is 5.71. The predicted molar refractivity (Wildman–Crippen MR) is 64.3 cm³/mol. The summed E-state index contributed by atoms with van der Waals surface area (Å²) in [5, 5.41) is 0. The predicted octanol–water partition coefficient (Wildman–Crippen LogP) is 3.52. The molecule has 0 aromatic carbocycles. The minimum atomic E-state index is 0.439. The molecule has 1 aromatic heterocycles. The number of hydrogen-bond donors (Lipinski definition) is 0. The molecule has 0 atom stereocenters. The van der Waals surface area contributed by atoms with Crippen LogP contribution in [-0.4, -0.2) is 4.98 Å². The van der Waals surface area contributed by atoms with E-state index in [4.69, 9.17) is 4.98 Å². The molecule has 0 amide bonds. The van der Waals surface area contributed by atoms with Crippen LogP contribution in [0.5, 0.6) is 0 Å². The van der Waals surface area contributed by atoms with E-state index in [0.717, 1.165) is 6.42 Å². The van der Waals surface area contributed by atoms with Gasteiger partial charge in [0.15, 0.2) is 0 Å². The second-order valence-electron chi connectivity index (χ2n) is 5.71. The van der Waals surface area contributed by atoms with E-state index in [2.05, 4.69) is 34.6 Å². The standard InChI is InChI=1S/C14H21N/c1-9-10(2)12-6-7-14(4,5)8-13(12)15-11(9)3/h6-8H2,1-5H3. The average Bonchev–Trinajstić information content (AvgIpc) is 2.12. The first-order valence-electron chi connectivity index (χ1n) is 5.86. The minimum absolute atomic E-state index is 0.439. The fourth-order valence-corrected chi connectivity index (χ4v) is 2.55. The molecule has 1 heteroatoms. The highest BCUT2D eigenvalue weighted by molar-refractivity contribution is 5.40. The fraction of sp³-hybridized carbons (Fsp3) is 0.643. The maximum Gasteiger partial charge on any atom is 0.0446 e. The molecule has 0 saturated carbocycles. The van der Waals surface area contributed by atoms with Crippen molar-refractivity contribution in [3.05, 3.63) is 28.1 Å². The van der Waals surface area contributed by atoms with E-state index in [-0.39, 0.29) is 0 Å². The Hall–Kier alpha value is -0.850. The maximum absolute atomic E-state index is 4.77. The Labute approximate surface area is 92.9 Å². The van der Waals surface area contributed by atoms with Crippen LogP contribution in [-0.2, 0) is 12.8 Å². The first-order chi connectivity index (χ1) is 6.91. The van der Waals surface area contributed by atoms with Crippen molar-refractivity contribution in [1.29, 1.82) is 0 Å². The summed E-state index contributed by atoms with van der Waals surface area (Å²) < 4.78 is 0. The Morgan fingerprint density at radius 1 is 1.07 bits per heavy atom. The molecule has 1 aliphatic rings. The van der Waals surface area contributed by atoms with Crippen LogP contribution in [0.15, 0.2) is 0 Å². The number of rotatable bonds is 0. The molecule has 1 heterocycles. The van der Waals surface area contributed by atoms with E-state index in [0.29, 0.717) is 5.41 Å². The maximum atomic E-state index is 4.77. The first kappa shape index (κ1) is 10.7. The topological polar surface area (TPSA) is 12.9 Å². The average molecular weight is 203 g/mol. The van der Waals surface area contributed by atoms with Gasteiger partial charge in [0.1, 0.15) is 0 Å². The third-order valence-corrected chi connectivity index (χ3v) is 3.91. The van der Waals surface area contributed by atoms with Gasteiger partial charge in [-0.2, -0.15) is 0 Å². The van der Waals surface area contributed by atoms with Crippen LogP contribution in [0.4, 0.5) is 0 Å². The van der Waals surface area contributed by atoms with Gasteiger partial charge in [0, 0.05) is 11.4 Å². The summed E-state index contributed by atoms with van der Waals surface area (Å²) in [5.41, 5.74) is 7.39. The van der Waals surface area contributed by atoms with Crippen molar-refractivity contribution in [2.75, 3.05) is 0 Å². The molecule has 0 N–H and O–H groups in total. The van der Waals surface area contributed by atoms with E-state index < -0.39 is 0 Å². The van der Waals surface area contributed by atoms with Crippen LogP contribution in [0, 0.1) is 26.2 Å². The van der Waals surface area contributed by atoms with Gasteiger partial charge in [0.25, 0.3) is 0 Å². The summed E-state index contributed by atoms with van der Waals surface area (Å²) in [4.78, 5) is 4.77. The minimum Gasteiger partial charge on any atom is -0.258 e. The third kappa shape index (κ3) is 1.80. The highest BCUT2D eigenvalue weighted by Crippen LogP contribution is 2.36. The zero-order valence-corrected chi connectivity index (χ0v) is 10.6. The van der Waals surface area contributed by atoms with Crippen LogP contribution in [0.1, 0.15) is 48.3 Å². The number of nitrogens with zero attached hydrogens (tertiary/aromatic N) is 1. The fourth-order valence-electron chi connectivity index (χ4n) is 2.55. The number of aromatic nitrogens is 1. The number of aryl methyl sites for hydroxylation is 1. The van der Waals surface area contributed by atoms with E-state index in [1.807, 2.05) is 0 Å². The summed E-state index contributed by atoms with van der Waals surface area (Å²) in [5.74, 6) is 0. The lowest BCUT2D eigenvalue weighted by Crippen LogP contribution is -2.24. The van der Waals surface area contributed by atoms with E-state index >= 15 is 0 Å². The quantitative estimate of drug-likeness (QED) is 0.628. The SMILES string of the molecule is Cc1nc2c(c(C)c1C)CCC(C)(C)C2. The Morgan fingerprint density at radius 3 is 2.40 bits per heavy atom. The van der Waals surface area contributed by atoms with Crippen molar-refractivity contribution >= 4 is 0 Å². The lowest BCUT2D eigenvalue weighted by atomic mass is 9.75. The molecule has 1 aliphatic carbocycles. The van der Waals surface area contributed by atoms with Crippen LogP contribution in [0.3, 0.4) is 0 Å². The smallest absolute Gasteiger partial charge is 0.0446 e. The first-order valence-corrected chi connectivity index (χ1v) is 5.86. The molecule has 0 aliphatic heterocycles. The molecule has 1 aromatic rings. The van der Waals surface area contributed by atoms with Crippen LogP contribution in [0.25, 0.3) is 0 Å². The zero-order valence-electron chi connectivity index (χ0n) is 10.6. The van der Waals surface area contributed by atoms with Crippen LogP contribution in [0.2, 0.25) is 0 Å². The summed E-state index contributed by atoms with van der Waals surface area (Å²) in [6.45, 7) is 11.3. The number of fused-ring (bicyclic) bond motifs is 1. The second kappa shape index (κ2) is 3.33. The van der Waals surface area contributed by atoms with Gasteiger partial charge in [-0.25, -0.2) is 0 Å². The third-order valence-electron chi connectivity index (χ3n) is 3.91. The van der Waals surface area contributed by atoms with Gasteiger partial charge in [-0.1, -0.05) is 13.8 Å². The van der Waals surface area contributed by atoms with Gasteiger partial charge in [-0.15, -0.1) is 0 Å². The lowest BCUT2D eigenvalue weighted by Gasteiger charge is -2.32. The number of hydrogen-bond acceptors (Lipinski definition) is 1. The Morgan fingerprint density at radius 2 is 1.73 bits per heavy atom. The molecule has 0 fully saturated rings. The van der Waals surface area contributed by atoms with Gasteiger partial charge < -0.3 is 0 Å². The van der Waals surface area contributed by atoms with Crippen LogP contribution < -0.4 is 0 Å². The Balaban J connectivity index is 2.54. The van der Waals surface area contributed by atoms with Crippen molar-refractivity contribution in [2.24, 2.45) is 5.41 Å². The summed E-state index contributed by atoms with van der Waals surface area (Å²) in [7, 11) is 0. The molecule has 1 nitrogen and oxygen atoms in total. The van der Waals surface area contributed by atoms with Gasteiger partial charge in [0.2, 0.25) is 0 Å². The zero-order chi connectivity index (χ0) is 11.2. The molecular weight excluding hydrogens is 182 g/mol. The monoisotopic (exact) mass is 203 g/mol. The summed E-state index contributed by atoms with van der Waals surface area (Å²) in [6, 6.07) is 0. The van der Waals surface area contributed by atoms with Crippen molar-refractivity contribution < 1.29 is 0 Å². The molecule has 0 unspecified atom stereocenters. The molecular formula is C14H21N. The normalized spacial score (nSPS) is 18.7. The number of pyridine rings is 1. The largest absolute Gasteiger partial charge is 0.258 e. The van der Waals surface area contributed by atoms with Gasteiger partial charge in [-0.05, 0) is 62.1 Å². The van der Waals surface area contributed by atoms with E-state index in [1.165, 1.54) is 40.9 Å². The van der Waals surface area contributed by atoms with E-state index in [9.17, 15) is 0 Å². The molecule has 82 valence electrons. The van der Waals surface area contributed by atoms with Gasteiger partial charge in [-0.3, -0.25) is 4.98 Å². The Bertz CT molecular complexity index is 402. The van der Waals surface area contributed by atoms with Crippen molar-refractivity contribution in [2.45, 2.75) is 53.9 Å². The lowest BCUT2D eigenvalue weighted by molar-refractivity contribution is 0.309. The Kier molecular flexibility index (Phi) is 2.37. The van der Waals surface area contributed by atoms with Crippen molar-refractivity contribution in [3.63, 3.8) is 0 Å². The van der Waals surface area contributed by atoms with Gasteiger partial charge in [0.05, 0.1) is 0 Å². The molecule has 0 spiro atoms. The van der Waals surface area contributed by atoms with Gasteiger partial charge >= 0.3 is 0 Å². The van der Waals surface area contributed by atoms with Crippen LogP contribution >= 0.6 is 0 Å². The molecule has 0 radical (unpaired) electrons. The molecule has 15 heavy (non-hydrogen) atoms. The van der Waals surface area contributed by atoms with Crippen molar-refractivity contribution in [1.82, 2.24) is 4.98 Å². The summed E-state index contributed by atoms with van der Waals surface area (Å²) in [6.07, 6.45) is 3.65. The highest BCUT2D eigenvalue weighted by atomic mass is 14.7. The van der Waals surface area contributed by atoms with Crippen molar-refractivity contribution in [3.8, 4) is 0 Å². The van der Waals surface area contributed by atoms with E-state index in [1.54, 1.807) is 0 Å².